The first-order valence-corrected chi connectivity index (χ1v) is 9.62. The van der Waals surface area contributed by atoms with Crippen LogP contribution in [0.5, 0.6) is 5.75 Å². The van der Waals surface area contributed by atoms with Crippen LogP contribution in [0, 0.1) is 5.82 Å². The van der Waals surface area contributed by atoms with E-state index in [4.69, 9.17) is 0 Å². The summed E-state index contributed by atoms with van der Waals surface area (Å²) < 4.78 is 41.4. The van der Waals surface area contributed by atoms with Gasteiger partial charge >= 0.3 is 10.2 Å². The van der Waals surface area contributed by atoms with E-state index in [1.54, 1.807) is 10.8 Å². The molecule has 1 aromatic carbocycles. The van der Waals surface area contributed by atoms with Gasteiger partial charge in [0.15, 0.2) is 5.82 Å². The number of H-pyrrole nitrogens is 1. The van der Waals surface area contributed by atoms with E-state index in [2.05, 4.69) is 17.1 Å². The maximum Gasteiger partial charge on any atom is 0.326 e. The van der Waals surface area contributed by atoms with Crippen molar-refractivity contribution in [2.24, 2.45) is 0 Å². The number of benzene rings is 1. The highest BCUT2D eigenvalue weighted by molar-refractivity contribution is 7.92. The first kappa shape index (κ1) is 16.8. The van der Waals surface area contributed by atoms with Crippen molar-refractivity contribution >= 4 is 21.8 Å². The minimum absolute atomic E-state index is 0.0274. The fraction of sp³-hybridized carbons (Fsp3) is 0.375. The fourth-order valence-electron chi connectivity index (χ4n) is 3.32. The number of phenols is 1. The quantitative estimate of drug-likeness (QED) is 0.744. The van der Waals surface area contributed by atoms with Crippen molar-refractivity contribution in [1.82, 2.24) is 14.9 Å². The molecule has 1 aromatic heterocycles. The number of carbonyl (C=O) groups excluding carboxylic acids is 1. The van der Waals surface area contributed by atoms with E-state index in [1.165, 1.54) is 12.1 Å². The minimum Gasteiger partial charge on any atom is -0.506 e. The average molecular weight is 380 g/mol. The number of amides is 1. The van der Waals surface area contributed by atoms with Gasteiger partial charge in [0.25, 0.3) is 5.91 Å². The van der Waals surface area contributed by atoms with Gasteiger partial charge in [-0.3, -0.25) is 9.89 Å². The summed E-state index contributed by atoms with van der Waals surface area (Å²) in [7, 11) is -4.24. The van der Waals surface area contributed by atoms with Crippen LogP contribution in [0.15, 0.2) is 18.2 Å². The molecule has 8 nitrogen and oxygen atoms in total. The lowest BCUT2D eigenvalue weighted by atomic mass is 9.98. The molecule has 10 heteroatoms. The third kappa shape index (κ3) is 2.44. The Bertz CT molecular complexity index is 1010. The Kier molecular flexibility index (Phi) is 3.52. The van der Waals surface area contributed by atoms with Gasteiger partial charge in [0.05, 0.1) is 11.4 Å². The molecule has 2 fully saturated rings. The van der Waals surface area contributed by atoms with Gasteiger partial charge in [-0.15, -0.1) is 0 Å². The van der Waals surface area contributed by atoms with Crippen LogP contribution < -0.4 is 9.03 Å². The van der Waals surface area contributed by atoms with Crippen LogP contribution in [0.3, 0.4) is 0 Å². The van der Waals surface area contributed by atoms with Crippen molar-refractivity contribution < 1.29 is 22.7 Å². The molecule has 26 heavy (non-hydrogen) atoms. The molecule has 2 aliphatic rings. The zero-order chi connectivity index (χ0) is 18.7. The lowest BCUT2D eigenvalue weighted by Gasteiger charge is -2.18. The maximum absolute atomic E-state index is 15.1. The number of anilines is 1. The second-order valence-corrected chi connectivity index (χ2v) is 8.23. The SMILES string of the molecule is CCC1(c2cc(-c3ccc(O)c(N4CC(=O)NS4(=O)=O)c3F)[nH]n2)CC1. The Labute approximate surface area is 149 Å². The largest absolute Gasteiger partial charge is 0.506 e. The van der Waals surface area contributed by atoms with E-state index in [1.807, 2.05) is 0 Å². The molecule has 1 aliphatic carbocycles. The minimum atomic E-state index is -4.24. The molecule has 0 atom stereocenters. The number of aromatic hydroxyl groups is 1. The average Bonchev–Trinajstić information content (AvgIpc) is 3.13. The summed E-state index contributed by atoms with van der Waals surface area (Å²) in [5.74, 6) is -2.31. The Hall–Kier alpha value is -2.62. The molecule has 0 spiro atoms. The van der Waals surface area contributed by atoms with Crippen molar-refractivity contribution in [3.63, 3.8) is 0 Å². The number of halogens is 1. The fourth-order valence-corrected chi connectivity index (χ4v) is 4.48. The van der Waals surface area contributed by atoms with Crippen molar-refractivity contribution in [3.8, 4) is 17.0 Å². The summed E-state index contributed by atoms with van der Waals surface area (Å²) in [5.41, 5.74) is 0.759. The molecule has 1 amide bonds. The Morgan fingerprint density at radius 3 is 2.69 bits per heavy atom. The summed E-state index contributed by atoms with van der Waals surface area (Å²) in [5, 5.41) is 17.1. The van der Waals surface area contributed by atoms with Crippen molar-refractivity contribution in [3.05, 3.63) is 29.7 Å². The molecule has 1 saturated carbocycles. The standard InChI is InChI=1S/C16H17FN4O4S/c1-2-16(5-6-16)12-7-10(18-19-12)9-3-4-11(22)15(14(9)17)21-8-13(23)20-26(21,24)25/h3-4,7,22H,2,5-6,8H2,1H3,(H,18,19)(H,20,23). The van der Waals surface area contributed by atoms with Crippen LogP contribution in [-0.4, -0.2) is 36.2 Å². The van der Waals surface area contributed by atoms with Crippen molar-refractivity contribution in [2.45, 2.75) is 31.6 Å². The van der Waals surface area contributed by atoms with Gasteiger partial charge in [-0.2, -0.15) is 13.5 Å². The Morgan fingerprint density at radius 1 is 1.38 bits per heavy atom. The number of carbonyl (C=O) groups is 1. The monoisotopic (exact) mass is 380 g/mol. The molecule has 0 unspecified atom stereocenters. The van der Waals surface area contributed by atoms with E-state index in [0.717, 1.165) is 25.0 Å². The number of nitrogens with one attached hydrogen (secondary N) is 2. The van der Waals surface area contributed by atoms with E-state index >= 15 is 4.39 Å². The van der Waals surface area contributed by atoms with Gasteiger partial charge in [-0.25, -0.2) is 13.4 Å². The second-order valence-electron chi connectivity index (χ2n) is 6.63. The number of phenolic OH excluding ortho intramolecular Hbond substituents is 1. The van der Waals surface area contributed by atoms with E-state index < -0.39 is 39.9 Å². The first-order chi connectivity index (χ1) is 12.3. The molecule has 1 aliphatic heterocycles. The van der Waals surface area contributed by atoms with Crippen molar-refractivity contribution in [1.29, 1.82) is 0 Å². The second kappa shape index (κ2) is 5.44. The van der Waals surface area contributed by atoms with E-state index in [9.17, 15) is 18.3 Å². The van der Waals surface area contributed by atoms with E-state index in [0.29, 0.717) is 10.00 Å². The molecule has 3 N–H and O–H groups in total. The van der Waals surface area contributed by atoms with Gasteiger partial charge < -0.3 is 5.11 Å². The third-order valence-corrected chi connectivity index (χ3v) is 6.48. The molecule has 2 heterocycles. The number of hydrogen-bond donors (Lipinski definition) is 3. The zero-order valence-electron chi connectivity index (χ0n) is 13.9. The van der Waals surface area contributed by atoms with Crippen LogP contribution in [0.2, 0.25) is 0 Å². The van der Waals surface area contributed by atoms with Gasteiger partial charge in [0.2, 0.25) is 0 Å². The highest BCUT2D eigenvalue weighted by Gasteiger charge is 2.44. The van der Waals surface area contributed by atoms with Crippen LogP contribution >= 0.6 is 0 Å². The van der Waals surface area contributed by atoms with Gasteiger partial charge in [-0.1, -0.05) is 6.92 Å². The lowest BCUT2D eigenvalue weighted by molar-refractivity contribution is -0.117. The predicted octanol–water partition coefficient (Wildman–Crippen LogP) is 1.54. The van der Waals surface area contributed by atoms with Crippen LogP contribution in [0.4, 0.5) is 10.1 Å². The Morgan fingerprint density at radius 2 is 2.12 bits per heavy atom. The van der Waals surface area contributed by atoms with Crippen LogP contribution in [-0.2, 0) is 20.4 Å². The zero-order valence-corrected chi connectivity index (χ0v) is 14.7. The highest BCUT2D eigenvalue weighted by atomic mass is 32.2. The predicted molar refractivity (Wildman–Crippen MR) is 91.3 cm³/mol. The van der Waals surface area contributed by atoms with Crippen molar-refractivity contribution in [2.75, 3.05) is 10.8 Å². The topological polar surface area (TPSA) is 115 Å². The van der Waals surface area contributed by atoms with Gasteiger partial charge in [0.1, 0.15) is 18.0 Å². The molecule has 4 rings (SSSR count). The number of rotatable bonds is 4. The smallest absolute Gasteiger partial charge is 0.326 e. The first-order valence-electron chi connectivity index (χ1n) is 8.18. The number of aromatic amines is 1. The lowest BCUT2D eigenvalue weighted by Crippen LogP contribution is -2.30. The summed E-state index contributed by atoms with van der Waals surface area (Å²) >= 11 is 0. The van der Waals surface area contributed by atoms with Gasteiger partial charge in [-0.05, 0) is 37.5 Å². The number of hydrogen-bond acceptors (Lipinski definition) is 5. The normalized spacial score (nSPS) is 20.2. The summed E-state index contributed by atoms with van der Waals surface area (Å²) in [6, 6.07) is 4.28. The van der Waals surface area contributed by atoms with Crippen LogP contribution in [0.25, 0.3) is 11.3 Å². The molecular weight excluding hydrogens is 363 g/mol. The van der Waals surface area contributed by atoms with E-state index in [-0.39, 0.29) is 11.0 Å². The molecule has 0 bridgehead atoms. The Balaban J connectivity index is 1.79. The molecular formula is C16H17FN4O4S. The molecule has 138 valence electrons. The third-order valence-electron chi connectivity index (χ3n) is 5.11. The molecule has 2 aromatic rings. The summed E-state index contributed by atoms with van der Waals surface area (Å²) in [6.07, 6.45) is 2.98. The highest BCUT2D eigenvalue weighted by Crippen LogP contribution is 2.50. The van der Waals surface area contributed by atoms with Crippen LogP contribution in [0.1, 0.15) is 31.9 Å². The maximum atomic E-state index is 15.1. The molecule has 0 radical (unpaired) electrons. The van der Waals surface area contributed by atoms with Gasteiger partial charge in [0, 0.05) is 11.0 Å². The summed E-state index contributed by atoms with van der Waals surface area (Å²) in [6.45, 7) is 1.48. The molecule has 1 saturated heterocycles. The summed E-state index contributed by atoms with van der Waals surface area (Å²) in [4.78, 5) is 11.4. The number of aromatic nitrogens is 2. The number of nitrogens with zero attached hydrogens (tertiary/aromatic N) is 2.